The third-order valence-electron chi connectivity index (χ3n) is 2.07. The van der Waals surface area contributed by atoms with E-state index in [2.05, 4.69) is 23.3 Å². The van der Waals surface area contributed by atoms with Crippen LogP contribution in [0.1, 0.15) is 18.4 Å². The van der Waals surface area contributed by atoms with Crippen molar-refractivity contribution < 1.29 is 9.90 Å². The van der Waals surface area contributed by atoms with Crippen LogP contribution < -0.4 is 4.90 Å². The standard InChI is InChI=1S/C10H15NO2S/c1-8-5-7-14-10(8)11(2)6-3-4-9(12)13/h5,7H,3-4,6H2,1-2H3,(H,12,13). The number of carboxylic acid groups (broad SMARTS) is 1. The van der Waals surface area contributed by atoms with Gasteiger partial charge in [0.15, 0.2) is 0 Å². The van der Waals surface area contributed by atoms with Crippen LogP contribution in [0.5, 0.6) is 0 Å². The Balaban J connectivity index is 2.39. The fraction of sp³-hybridized carbons (Fsp3) is 0.500. The molecule has 3 nitrogen and oxygen atoms in total. The van der Waals surface area contributed by atoms with E-state index in [9.17, 15) is 4.79 Å². The van der Waals surface area contributed by atoms with Gasteiger partial charge in [-0.3, -0.25) is 4.79 Å². The Morgan fingerprint density at radius 3 is 2.86 bits per heavy atom. The second kappa shape index (κ2) is 5.00. The highest BCUT2D eigenvalue weighted by Gasteiger charge is 2.06. The molecule has 0 spiro atoms. The summed E-state index contributed by atoms with van der Waals surface area (Å²) in [6.07, 6.45) is 0.942. The zero-order valence-corrected chi connectivity index (χ0v) is 9.30. The highest BCUT2D eigenvalue weighted by Crippen LogP contribution is 2.25. The molecule has 0 amide bonds. The second-order valence-corrected chi connectivity index (χ2v) is 4.22. The smallest absolute Gasteiger partial charge is 0.303 e. The van der Waals surface area contributed by atoms with Gasteiger partial charge in [-0.05, 0) is 30.4 Å². The van der Waals surface area contributed by atoms with E-state index < -0.39 is 5.97 Å². The van der Waals surface area contributed by atoms with Crippen LogP contribution in [0.3, 0.4) is 0 Å². The van der Waals surface area contributed by atoms with E-state index in [1.807, 2.05) is 7.05 Å². The summed E-state index contributed by atoms with van der Waals surface area (Å²) in [6.45, 7) is 2.87. The average molecular weight is 213 g/mol. The minimum absolute atomic E-state index is 0.245. The number of nitrogens with zero attached hydrogens (tertiary/aromatic N) is 1. The van der Waals surface area contributed by atoms with Gasteiger partial charge in [0.25, 0.3) is 0 Å². The fourth-order valence-electron chi connectivity index (χ4n) is 1.32. The first kappa shape index (κ1) is 11.0. The maximum atomic E-state index is 10.3. The topological polar surface area (TPSA) is 40.5 Å². The van der Waals surface area contributed by atoms with Crippen molar-refractivity contribution in [2.75, 3.05) is 18.5 Å². The molecule has 0 bridgehead atoms. The van der Waals surface area contributed by atoms with Crippen molar-refractivity contribution in [3.8, 4) is 0 Å². The summed E-state index contributed by atoms with van der Waals surface area (Å²) in [5.74, 6) is -0.721. The number of aliphatic carboxylic acids is 1. The summed E-state index contributed by atoms with van der Waals surface area (Å²) < 4.78 is 0. The summed E-state index contributed by atoms with van der Waals surface area (Å²) >= 11 is 1.69. The molecule has 0 saturated carbocycles. The predicted octanol–water partition coefficient (Wildman–Crippen LogP) is 2.36. The predicted molar refractivity (Wildman–Crippen MR) is 59.2 cm³/mol. The van der Waals surface area contributed by atoms with Gasteiger partial charge >= 0.3 is 5.97 Å². The molecule has 1 aromatic rings. The second-order valence-electron chi connectivity index (χ2n) is 3.33. The van der Waals surface area contributed by atoms with Gasteiger partial charge in [-0.1, -0.05) is 0 Å². The molecule has 0 saturated heterocycles. The SMILES string of the molecule is Cc1ccsc1N(C)CCCC(=O)O. The molecule has 0 aromatic carbocycles. The van der Waals surface area contributed by atoms with Gasteiger partial charge in [-0.2, -0.15) is 0 Å². The molecule has 1 heterocycles. The number of thiophene rings is 1. The van der Waals surface area contributed by atoms with Crippen molar-refractivity contribution >= 4 is 22.3 Å². The Hall–Kier alpha value is -1.03. The highest BCUT2D eigenvalue weighted by atomic mass is 32.1. The Labute approximate surface area is 88.0 Å². The van der Waals surface area contributed by atoms with Gasteiger partial charge in [0.05, 0.1) is 5.00 Å². The third-order valence-corrected chi connectivity index (χ3v) is 3.19. The van der Waals surface area contributed by atoms with Crippen molar-refractivity contribution in [2.45, 2.75) is 19.8 Å². The Bertz CT molecular complexity index is 309. The quantitative estimate of drug-likeness (QED) is 0.816. The molecule has 78 valence electrons. The number of anilines is 1. The Morgan fingerprint density at radius 2 is 2.36 bits per heavy atom. The molecule has 4 heteroatoms. The Kier molecular flexibility index (Phi) is 3.95. The summed E-state index contributed by atoms with van der Waals surface area (Å²) in [6, 6.07) is 2.08. The molecule has 0 aliphatic heterocycles. The van der Waals surface area contributed by atoms with E-state index in [0.717, 1.165) is 6.54 Å². The normalized spacial score (nSPS) is 10.1. The lowest BCUT2D eigenvalue weighted by Crippen LogP contribution is -2.18. The summed E-state index contributed by atoms with van der Waals surface area (Å²) in [5.41, 5.74) is 1.26. The number of rotatable bonds is 5. The van der Waals surface area contributed by atoms with Crippen molar-refractivity contribution in [2.24, 2.45) is 0 Å². The third kappa shape index (κ3) is 3.03. The molecule has 0 aliphatic carbocycles. The van der Waals surface area contributed by atoms with Gasteiger partial charge in [0, 0.05) is 20.0 Å². The zero-order chi connectivity index (χ0) is 10.6. The molecular weight excluding hydrogens is 198 g/mol. The van der Waals surface area contributed by atoms with Gasteiger partial charge in [-0.25, -0.2) is 0 Å². The van der Waals surface area contributed by atoms with Gasteiger partial charge in [-0.15, -0.1) is 11.3 Å². The van der Waals surface area contributed by atoms with Crippen LogP contribution in [-0.2, 0) is 4.79 Å². The van der Waals surface area contributed by atoms with Crippen LogP contribution in [0.4, 0.5) is 5.00 Å². The van der Waals surface area contributed by atoms with Crippen molar-refractivity contribution in [1.29, 1.82) is 0 Å². The molecule has 0 radical (unpaired) electrons. The first-order valence-corrected chi connectivity index (χ1v) is 5.46. The van der Waals surface area contributed by atoms with Crippen LogP contribution in [0.15, 0.2) is 11.4 Å². The number of carboxylic acids is 1. The molecule has 1 aromatic heterocycles. The lowest BCUT2D eigenvalue weighted by atomic mass is 10.3. The minimum atomic E-state index is -0.721. The van der Waals surface area contributed by atoms with Crippen LogP contribution in [-0.4, -0.2) is 24.7 Å². The first-order chi connectivity index (χ1) is 6.61. The number of hydrogen-bond acceptors (Lipinski definition) is 3. The largest absolute Gasteiger partial charge is 0.481 e. The van der Waals surface area contributed by atoms with E-state index in [1.54, 1.807) is 11.3 Å². The van der Waals surface area contributed by atoms with E-state index >= 15 is 0 Å². The molecule has 0 unspecified atom stereocenters. The number of hydrogen-bond donors (Lipinski definition) is 1. The lowest BCUT2D eigenvalue weighted by molar-refractivity contribution is -0.137. The summed E-state index contributed by atoms with van der Waals surface area (Å²) in [4.78, 5) is 12.4. The van der Waals surface area contributed by atoms with Crippen LogP contribution in [0.2, 0.25) is 0 Å². The van der Waals surface area contributed by atoms with Gasteiger partial charge in [0.2, 0.25) is 0 Å². The van der Waals surface area contributed by atoms with Gasteiger partial charge in [0.1, 0.15) is 0 Å². The van der Waals surface area contributed by atoms with E-state index in [0.29, 0.717) is 6.42 Å². The summed E-state index contributed by atoms with van der Waals surface area (Å²) in [5, 5.41) is 11.8. The molecule has 1 N–H and O–H groups in total. The average Bonchev–Trinajstić information content (AvgIpc) is 2.50. The van der Waals surface area contributed by atoms with E-state index in [1.165, 1.54) is 10.6 Å². The fourth-order valence-corrected chi connectivity index (χ4v) is 2.25. The van der Waals surface area contributed by atoms with Crippen molar-refractivity contribution in [1.82, 2.24) is 0 Å². The molecular formula is C10H15NO2S. The van der Waals surface area contributed by atoms with E-state index in [-0.39, 0.29) is 6.42 Å². The maximum Gasteiger partial charge on any atom is 0.303 e. The van der Waals surface area contributed by atoms with Crippen LogP contribution in [0, 0.1) is 6.92 Å². The van der Waals surface area contributed by atoms with Crippen molar-refractivity contribution in [3.63, 3.8) is 0 Å². The molecule has 0 aliphatic rings. The highest BCUT2D eigenvalue weighted by molar-refractivity contribution is 7.14. The monoisotopic (exact) mass is 213 g/mol. The van der Waals surface area contributed by atoms with Crippen molar-refractivity contribution in [3.05, 3.63) is 17.0 Å². The van der Waals surface area contributed by atoms with Crippen LogP contribution in [0.25, 0.3) is 0 Å². The summed E-state index contributed by atoms with van der Waals surface area (Å²) in [7, 11) is 2.00. The molecule has 1 rings (SSSR count). The minimum Gasteiger partial charge on any atom is -0.481 e. The molecule has 0 fully saturated rings. The Morgan fingerprint density at radius 1 is 1.64 bits per heavy atom. The lowest BCUT2D eigenvalue weighted by Gasteiger charge is -2.17. The zero-order valence-electron chi connectivity index (χ0n) is 8.49. The molecule has 0 atom stereocenters. The van der Waals surface area contributed by atoms with Crippen LogP contribution >= 0.6 is 11.3 Å². The van der Waals surface area contributed by atoms with E-state index in [4.69, 9.17) is 5.11 Å². The maximum absolute atomic E-state index is 10.3. The molecule has 14 heavy (non-hydrogen) atoms. The first-order valence-electron chi connectivity index (χ1n) is 4.58. The van der Waals surface area contributed by atoms with Gasteiger partial charge < -0.3 is 10.0 Å². The number of aryl methyl sites for hydroxylation is 1. The number of carbonyl (C=O) groups is 1.